The molecule has 2 rings (SSSR count). The SMILES string of the molecule is COc1cnccc1C(=O)NCC1CCCCN1. The number of piperidine rings is 1. The van der Waals surface area contributed by atoms with Gasteiger partial charge in [0.05, 0.1) is 18.9 Å². The molecule has 0 aromatic carbocycles. The fourth-order valence-corrected chi connectivity index (χ4v) is 2.14. The number of nitrogens with zero attached hydrogens (tertiary/aromatic N) is 1. The van der Waals surface area contributed by atoms with Crippen LogP contribution in [0.4, 0.5) is 0 Å². The third-order valence-electron chi connectivity index (χ3n) is 3.17. The summed E-state index contributed by atoms with van der Waals surface area (Å²) in [6, 6.07) is 2.05. The molecule has 1 aliphatic heterocycles. The highest BCUT2D eigenvalue weighted by atomic mass is 16.5. The Kier molecular flexibility index (Phi) is 4.52. The van der Waals surface area contributed by atoms with E-state index in [-0.39, 0.29) is 5.91 Å². The summed E-state index contributed by atoms with van der Waals surface area (Å²) in [7, 11) is 1.54. The number of rotatable bonds is 4. The number of hydrogen-bond acceptors (Lipinski definition) is 4. The monoisotopic (exact) mass is 249 g/mol. The van der Waals surface area contributed by atoms with Gasteiger partial charge in [-0.25, -0.2) is 0 Å². The van der Waals surface area contributed by atoms with Crippen LogP contribution in [0.25, 0.3) is 0 Å². The van der Waals surface area contributed by atoms with E-state index in [9.17, 15) is 4.79 Å². The van der Waals surface area contributed by atoms with Gasteiger partial charge in [-0.1, -0.05) is 6.42 Å². The molecular weight excluding hydrogens is 230 g/mol. The van der Waals surface area contributed by atoms with Gasteiger partial charge in [0.2, 0.25) is 0 Å². The van der Waals surface area contributed by atoms with Crippen LogP contribution in [-0.2, 0) is 0 Å². The molecule has 0 bridgehead atoms. The predicted octanol–water partition coefficient (Wildman–Crippen LogP) is 0.962. The molecule has 5 nitrogen and oxygen atoms in total. The van der Waals surface area contributed by atoms with Gasteiger partial charge in [-0.05, 0) is 25.5 Å². The summed E-state index contributed by atoms with van der Waals surface area (Å²) in [5.74, 6) is 0.397. The van der Waals surface area contributed by atoms with E-state index in [0.717, 1.165) is 13.0 Å². The summed E-state index contributed by atoms with van der Waals surface area (Å²) in [6.07, 6.45) is 6.71. The number of amides is 1. The van der Waals surface area contributed by atoms with Gasteiger partial charge < -0.3 is 15.4 Å². The molecular formula is C13H19N3O2. The second-order valence-corrected chi connectivity index (χ2v) is 4.43. The van der Waals surface area contributed by atoms with Gasteiger partial charge in [-0.15, -0.1) is 0 Å². The van der Waals surface area contributed by atoms with E-state index in [0.29, 0.717) is 23.9 Å². The fourth-order valence-electron chi connectivity index (χ4n) is 2.14. The Morgan fingerprint density at radius 2 is 2.50 bits per heavy atom. The van der Waals surface area contributed by atoms with E-state index in [4.69, 9.17) is 4.74 Å². The lowest BCUT2D eigenvalue weighted by Gasteiger charge is -2.23. The number of carbonyl (C=O) groups excluding carboxylic acids is 1. The lowest BCUT2D eigenvalue weighted by molar-refractivity contribution is 0.0944. The Labute approximate surface area is 107 Å². The number of aromatic nitrogens is 1. The highest BCUT2D eigenvalue weighted by Gasteiger charge is 2.16. The van der Waals surface area contributed by atoms with Crippen molar-refractivity contribution in [3.8, 4) is 5.75 Å². The first kappa shape index (κ1) is 12.8. The quantitative estimate of drug-likeness (QED) is 0.834. The molecule has 1 amide bonds. The van der Waals surface area contributed by atoms with Crippen molar-refractivity contribution in [1.82, 2.24) is 15.6 Å². The maximum atomic E-state index is 12.0. The molecule has 1 aromatic rings. The topological polar surface area (TPSA) is 63.2 Å². The normalized spacial score (nSPS) is 19.3. The molecule has 0 aliphatic carbocycles. The van der Waals surface area contributed by atoms with Gasteiger partial charge in [-0.2, -0.15) is 0 Å². The molecule has 1 aromatic heterocycles. The second-order valence-electron chi connectivity index (χ2n) is 4.43. The Hall–Kier alpha value is -1.62. The molecule has 0 spiro atoms. The third-order valence-corrected chi connectivity index (χ3v) is 3.17. The number of methoxy groups -OCH3 is 1. The Bertz CT molecular complexity index is 403. The summed E-state index contributed by atoms with van der Waals surface area (Å²) in [5.41, 5.74) is 0.531. The maximum absolute atomic E-state index is 12.0. The standard InChI is InChI=1S/C13H19N3O2/c1-18-12-9-14-7-5-11(12)13(17)16-8-10-4-2-3-6-15-10/h5,7,9-10,15H,2-4,6,8H2,1H3,(H,16,17). The van der Waals surface area contributed by atoms with Crippen molar-refractivity contribution >= 4 is 5.91 Å². The lowest BCUT2D eigenvalue weighted by atomic mass is 10.1. The Morgan fingerprint density at radius 1 is 1.61 bits per heavy atom. The van der Waals surface area contributed by atoms with Crippen LogP contribution in [0.1, 0.15) is 29.6 Å². The van der Waals surface area contributed by atoms with Gasteiger partial charge in [0, 0.05) is 18.8 Å². The van der Waals surface area contributed by atoms with Crippen molar-refractivity contribution in [2.75, 3.05) is 20.2 Å². The minimum atomic E-state index is -0.110. The average Bonchev–Trinajstić information content (AvgIpc) is 2.45. The molecule has 1 saturated heterocycles. The van der Waals surface area contributed by atoms with Crippen LogP contribution < -0.4 is 15.4 Å². The summed E-state index contributed by atoms with van der Waals surface area (Å²) in [4.78, 5) is 16.0. The summed E-state index contributed by atoms with van der Waals surface area (Å²) in [6.45, 7) is 1.70. The molecule has 1 fully saturated rings. The first-order valence-corrected chi connectivity index (χ1v) is 6.31. The van der Waals surface area contributed by atoms with Gasteiger partial charge in [-0.3, -0.25) is 9.78 Å². The van der Waals surface area contributed by atoms with E-state index in [1.807, 2.05) is 0 Å². The minimum Gasteiger partial charge on any atom is -0.494 e. The molecule has 0 radical (unpaired) electrons. The maximum Gasteiger partial charge on any atom is 0.255 e. The second kappa shape index (κ2) is 6.35. The van der Waals surface area contributed by atoms with E-state index in [1.54, 1.807) is 18.5 Å². The zero-order valence-electron chi connectivity index (χ0n) is 10.6. The highest BCUT2D eigenvalue weighted by Crippen LogP contribution is 2.15. The number of pyridine rings is 1. The van der Waals surface area contributed by atoms with Crippen LogP contribution in [0.5, 0.6) is 5.75 Å². The number of carbonyl (C=O) groups is 1. The number of ether oxygens (including phenoxy) is 1. The molecule has 5 heteroatoms. The fraction of sp³-hybridized carbons (Fsp3) is 0.538. The molecule has 1 atom stereocenters. The smallest absolute Gasteiger partial charge is 0.255 e. The van der Waals surface area contributed by atoms with Crippen molar-refractivity contribution in [3.05, 3.63) is 24.0 Å². The zero-order valence-corrected chi connectivity index (χ0v) is 10.6. The van der Waals surface area contributed by atoms with Crippen molar-refractivity contribution in [1.29, 1.82) is 0 Å². The van der Waals surface area contributed by atoms with Gasteiger partial charge >= 0.3 is 0 Å². The highest BCUT2D eigenvalue weighted by molar-refractivity contribution is 5.96. The molecule has 98 valence electrons. The minimum absolute atomic E-state index is 0.110. The first-order valence-electron chi connectivity index (χ1n) is 6.31. The molecule has 1 aliphatic rings. The van der Waals surface area contributed by atoms with Gasteiger partial charge in [0.25, 0.3) is 5.91 Å². The van der Waals surface area contributed by atoms with Crippen LogP contribution >= 0.6 is 0 Å². The number of hydrogen-bond donors (Lipinski definition) is 2. The van der Waals surface area contributed by atoms with Crippen LogP contribution in [0, 0.1) is 0 Å². The average molecular weight is 249 g/mol. The van der Waals surface area contributed by atoms with Gasteiger partial charge in [0.15, 0.2) is 0 Å². The molecule has 2 N–H and O–H groups in total. The van der Waals surface area contributed by atoms with E-state index in [1.165, 1.54) is 20.0 Å². The number of nitrogens with one attached hydrogen (secondary N) is 2. The van der Waals surface area contributed by atoms with E-state index < -0.39 is 0 Å². The van der Waals surface area contributed by atoms with Crippen molar-refractivity contribution in [2.45, 2.75) is 25.3 Å². The van der Waals surface area contributed by atoms with Crippen molar-refractivity contribution in [3.63, 3.8) is 0 Å². The van der Waals surface area contributed by atoms with Crippen molar-refractivity contribution in [2.24, 2.45) is 0 Å². The van der Waals surface area contributed by atoms with Crippen LogP contribution in [-0.4, -0.2) is 37.1 Å². The summed E-state index contributed by atoms with van der Waals surface area (Å²) < 4.78 is 5.12. The van der Waals surface area contributed by atoms with E-state index >= 15 is 0 Å². The van der Waals surface area contributed by atoms with Crippen LogP contribution in [0.15, 0.2) is 18.5 Å². The summed E-state index contributed by atoms with van der Waals surface area (Å²) >= 11 is 0. The first-order chi connectivity index (χ1) is 8.81. The van der Waals surface area contributed by atoms with Gasteiger partial charge in [0.1, 0.15) is 5.75 Å². The molecule has 2 heterocycles. The van der Waals surface area contributed by atoms with Crippen LogP contribution in [0.2, 0.25) is 0 Å². The zero-order chi connectivity index (χ0) is 12.8. The third kappa shape index (κ3) is 3.20. The van der Waals surface area contributed by atoms with E-state index in [2.05, 4.69) is 15.6 Å². The largest absolute Gasteiger partial charge is 0.494 e. The molecule has 0 saturated carbocycles. The molecule has 18 heavy (non-hydrogen) atoms. The molecule has 1 unspecified atom stereocenters. The lowest BCUT2D eigenvalue weighted by Crippen LogP contribution is -2.43. The Morgan fingerprint density at radius 3 is 3.22 bits per heavy atom. The Balaban J connectivity index is 1.90. The summed E-state index contributed by atoms with van der Waals surface area (Å²) in [5, 5.41) is 6.33. The predicted molar refractivity (Wildman–Crippen MR) is 68.8 cm³/mol. The van der Waals surface area contributed by atoms with Crippen LogP contribution in [0.3, 0.4) is 0 Å². The van der Waals surface area contributed by atoms with Crippen molar-refractivity contribution < 1.29 is 9.53 Å².